The quantitative estimate of drug-likeness (QED) is 0.530. The summed E-state index contributed by atoms with van der Waals surface area (Å²) in [5.74, 6) is 0. The highest BCUT2D eigenvalue weighted by Crippen LogP contribution is 1.99. The summed E-state index contributed by atoms with van der Waals surface area (Å²) in [5.41, 5.74) is 0. The van der Waals surface area contributed by atoms with Crippen LogP contribution in [0.5, 0.6) is 0 Å². The minimum absolute atomic E-state index is 0.0162. The summed E-state index contributed by atoms with van der Waals surface area (Å²) in [6.07, 6.45) is 0.194. The molecule has 0 saturated carbocycles. The van der Waals surface area contributed by atoms with Crippen LogP contribution in [0.2, 0.25) is 0 Å². The number of rotatable bonds is 2. The van der Waals surface area contributed by atoms with Gasteiger partial charge in [0, 0.05) is 6.61 Å². The molecule has 2 N–H and O–H groups in total. The van der Waals surface area contributed by atoms with Crippen molar-refractivity contribution >= 4 is 6.09 Å². The van der Waals surface area contributed by atoms with E-state index < -0.39 is 0 Å². The molecule has 4 nitrogen and oxygen atoms in total. The van der Waals surface area contributed by atoms with Crippen LogP contribution in [0.1, 0.15) is 6.42 Å². The smallest absolute Gasteiger partial charge is 0.407 e. The normalized spacial score (nSPS) is 25.4. The zero-order valence-corrected chi connectivity index (χ0v) is 4.96. The van der Waals surface area contributed by atoms with Crippen molar-refractivity contribution in [3.8, 4) is 0 Å². The number of aliphatic hydroxyl groups excluding tert-OH is 1. The Morgan fingerprint density at radius 2 is 2.67 bits per heavy atom. The summed E-state index contributed by atoms with van der Waals surface area (Å²) in [6, 6.07) is 0.0162. The number of carbonyl (C=O) groups is 1. The van der Waals surface area contributed by atoms with E-state index in [4.69, 9.17) is 5.11 Å². The summed E-state index contributed by atoms with van der Waals surface area (Å²) in [5, 5.41) is 10.9. The van der Waals surface area contributed by atoms with Crippen LogP contribution in [0.15, 0.2) is 0 Å². The monoisotopic (exact) mass is 131 g/mol. The number of hydrogen-bond acceptors (Lipinski definition) is 3. The summed E-state index contributed by atoms with van der Waals surface area (Å²) in [4.78, 5) is 10.3. The molecule has 1 aliphatic rings. The largest absolute Gasteiger partial charge is 0.447 e. The highest BCUT2D eigenvalue weighted by atomic mass is 16.6. The first-order valence-electron chi connectivity index (χ1n) is 2.87. The fourth-order valence-corrected chi connectivity index (χ4v) is 0.738. The van der Waals surface area contributed by atoms with Crippen molar-refractivity contribution < 1.29 is 14.6 Å². The Morgan fingerprint density at radius 3 is 3.11 bits per heavy atom. The van der Waals surface area contributed by atoms with E-state index in [0.29, 0.717) is 13.0 Å². The molecule has 1 saturated heterocycles. The molecule has 0 radical (unpaired) electrons. The maximum absolute atomic E-state index is 10.3. The Kier molecular flexibility index (Phi) is 1.89. The molecule has 1 fully saturated rings. The lowest BCUT2D eigenvalue weighted by atomic mass is 10.2. The Morgan fingerprint density at radius 1 is 1.89 bits per heavy atom. The van der Waals surface area contributed by atoms with Crippen LogP contribution in [0.25, 0.3) is 0 Å². The van der Waals surface area contributed by atoms with Gasteiger partial charge in [0.25, 0.3) is 0 Å². The molecule has 9 heavy (non-hydrogen) atoms. The highest BCUT2D eigenvalue weighted by Gasteiger charge is 2.20. The SMILES string of the molecule is O=C1N[C@@H](CCO)CO1. The summed E-state index contributed by atoms with van der Waals surface area (Å²) in [7, 11) is 0. The number of amides is 1. The van der Waals surface area contributed by atoms with Gasteiger partial charge in [0.2, 0.25) is 0 Å². The molecule has 1 atom stereocenters. The molecule has 0 spiro atoms. The molecule has 52 valence electrons. The van der Waals surface area contributed by atoms with Crippen molar-refractivity contribution in [1.82, 2.24) is 5.32 Å². The molecule has 0 aromatic rings. The van der Waals surface area contributed by atoms with E-state index in [2.05, 4.69) is 10.1 Å². The summed E-state index contributed by atoms with van der Waals surface area (Å²) in [6.45, 7) is 0.480. The second-order valence-corrected chi connectivity index (χ2v) is 1.95. The van der Waals surface area contributed by atoms with Crippen LogP contribution in [-0.2, 0) is 4.74 Å². The van der Waals surface area contributed by atoms with Crippen LogP contribution in [-0.4, -0.2) is 30.5 Å². The van der Waals surface area contributed by atoms with Gasteiger partial charge >= 0.3 is 6.09 Å². The number of hydrogen-bond donors (Lipinski definition) is 2. The molecule has 1 rings (SSSR count). The number of alkyl carbamates (subject to hydrolysis) is 1. The molecule has 1 aliphatic heterocycles. The third-order valence-electron chi connectivity index (χ3n) is 1.22. The Hall–Kier alpha value is -0.770. The number of ether oxygens (including phenoxy) is 1. The first-order valence-corrected chi connectivity index (χ1v) is 2.87. The lowest BCUT2D eigenvalue weighted by Crippen LogP contribution is -2.26. The van der Waals surface area contributed by atoms with Gasteiger partial charge in [-0.25, -0.2) is 4.79 Å². The fourth-order valence-electron chi connectivity index (χ4n) is 0.738. The predicted molar refractivity (Wildman–Crippen MR) is 30.0 cm³/mol. The minimum atomic E-state index is -0.381. The third kappa shape index (κ3) is 1.57. The summed E-state index contributed by atoms with van der Waals surface area (Å²) >= 11 is 0. The van der Waals surface area contributed by atoms with Gasteiger partial charge in [-0.15, -0.1) is 0 Å². The van der Waals surface area contributed by atoms with Gasteiger partial charge in [0.1, 0.15) is 6.61 Å². The molecule has 4 heteroatoms. The van der Waals surface area contributed by atoms with E-state index in [9.17, 15) is 4.79 Å². The lowest BCUT2D eigenvalue weighted by molar-refractivity contribution is 0.175. The average Bonchev–Trinajstić information content (AvgIpc) is 2.17. The third-order valence-corrected chi connectivity index (χ3v) is 1.22. The molecule has 0 aromatic heterocycles. The maximum atomic E-state index is 10.3. The predicted octanol–water partition coefficient (Wildman–Crippen LogP) is -0.523. The van der Waals surface area contributed by atoms with Crippen molar-refractivity contribution in [2.24, 2.45) is 0 Å². The van der Waals surface area contributed by atoms with E-state index in [1.165, 1.54) is 0 Å². The fraction of sp³-hybridized carbons (Fsp3) is 0.800. The molecule has 1 amide bonds. The molecular formula is C5H9NO3. The van der Waals surface area contributed by atoms with Gasteiger partial charge in [0.15, 0.2) is 0 Å². The topological polar surface area (TPSA) is 58.6 Å². The maximum Gasteiger partial charge on any atom is 0.407 e. The van der Waals surface area contributed by atoms with Crippen LogP contribution in [0.4, 0.5) is 4.79 Å². The first kappa shape index (κ1) is 6.35. The zero-order chi connectivity index (χ0) is 6.69. The second kappa shape index (κ2) is 2.68. The van der Waals surface area contributed by atoms with Crippen molar-refractivity contribution in [3.63, 3.8) is 0 Å². The number of cyclic esters (lactones) is 1. The van der Waals surface area contributed by atoms with Crippen LogP contribution in [0.3, 0.4) is 0 Å². The molecule has 0 aromatic carbocycles. The van der Waals surface area contributed by atoms with E-state index in [1.54, 1.807) is 0 Å². The minimum Gasteiger partial charge on any atom is -0.447 e. The van der Waals surface area contributed by atoms with Gasteiger partial charge in [0.05, 0.1) is 6.04 Å². The summed E-state index contributed by atoms with van der Waals surface area (Å²) < 4.78 is 4.56. The van der Waals surface area contributed by atoms with E-state index in [-0.39, 0.29) is 18.7 Å². The first-order chi connectivity index (χ1) is 4.33. The van der Waals surface area contributed by atoms with Crippen LogP contribution < -0.4 is 5.32 Å². The number of carbonyl (C=O) groups excluding carboxylic acids is 1. The van der Waals surface area contributed by atoms with E-state index in [0.717, 1.165) is 0 Å². The molecular weight excluding hydrogens is 122 g/mol. The van der Waals surface area contributed by atoms with Crippen LogP contribution >= 0.6 is 0 Å². The van der Waals surface area contributed by atoms with Crippen molar-refractivity contribution in [2.75, 3.05) is 13.2 Å². The lowest BCUT2D eigenvalue weighted by Gasteiger charge is -2.01. The molecule has 0 unspecified atom stereocenters. The van der Waals surface area contributed by atoms with Gasteiger partial charge in [-0.3, -0.25) is 0 Å². The van der Waals surface area contributed by atoms with E-state index in [1.807, 2.05) is 0 Å². The number of aliphatic hydroxyl groups is 1. The van der Waals surface area contributed by atoms with Gasteiger partial charge in [-0.2, -0.15) is 0 Å². The standard InChI is InChI=1S/C5H9NO3/c7-2-1-4-3-9-5(8)6-4/h4,7H,1-3H2,(H,6,8)/t4-/m0/s1. The van der Waals surface area contributed by atoms with Crippen molar-refractivity contribution in [1.29, 1.82) is 0 Å². The average molecular weight is 131 g/mol. The second-order valence-electron chi connectivity index (χ2n) is 1.95. The van der Waals surface area contributed by atoms with E-state index >= 15 is 0 Å². The number of nitrogens with one attached hydrogen (secondary N) is 1. The van der Waals surface area contributed by atoms with Gasteiger partial charge < -0.3 is 15.2 Å². The van der Waals surface area contributed by atoms with Crippen molar-refractivity contribution in [3.05, 3.63) is 0 Å². The van der Waals surface area contributed by atoms with Gasteiger partial charge in [-0.05, 0) is 6.42 Å². The highest BCUT2D eigenvalue weighted by molar-refractivity contribution is 5.69. The van der Waals surface area contributed by atoms with Crippen LogP contribution in [0, 0.1) is 0 Å². The molecule has 0 bridgehead atoms. The van der Waals surface area contributed by atoms with Gasteiger partial charge in [-0.1, -0.05) is 0 Å². The Labute approximate surface area is 52.8 Å². The Balaban J connectivity index is 2.22. The molecule has 0 aliphatic carbocycles. The zero-order valence-electron chi connectivity index (χ0n) is 4.96. The van der Waals surface area contributed by atoms with Crippen molar-refractivity contribution in [2.45, 2.75) is 12.5 Å². The molecule has 1 heterocycles. The Bertz CT molecular complexity index is 115.